The number of aromatic nitrogens is 3. The van der Waals surface area contributed by atoms with Gasteiger partial charge in [-0.1, -0.05) is 35.0 Å². The number of carbonyl (C=O) groups is 1. The average Bonchev–Trinajstić information content (AvgIpc) is 3.34. The van der Waals surface area contributed by atoms with Crippen LogP contribution in [0.4, 0.5) is 10.5 Å². The second-order valence-electron chi connectivity index (χ2n) is 6.61. The summed E-state index contributed by atoms with van der Waals surface area (Å²) in [4.78, 5) is 14.2. The number of likely N-dealkylation sites (tertiary alicyclic amines) is 1. The average molecular weight is 367 g/mol. The van der Waals surface area contributed by atoms with Crippen molar-refractivity contribution in [2.45, 2.75) is 25.8 Å². The minimum Gasteiger partial charge on any atom is -0.324 e. The van der Waals surface area contributed by atoms with Crippen molar-refractivity contribution in [1.82, 2.24) is 19.9 Å². The van der Waals surface area contributed by atoms with Crippen molar-refractivity contribution in [2.75, 3.05) is 18.4 Å². The van der Waals surface area contributed by atoms with Crippen molar-refractivity contribution in [3.63, 3.8) is 0 Å². The van der Waals surface area contributed by atoms with Gasteiger partial charge in [0, 0.05) is 24.0 Å². The molecule has 2 amide bonds. The van der Waals surface area contributed by atoms with E-state index in [2.05, 4.69) is 46.8 Å². The van der Waals surface area contributed by atoms with Gasteiger partial charge in [0.1, 0.15) is 5.69 Å². The van der Waals surface area contributed by atoms with E-state index in [1.165, 1.54) is 5.56 Å². The van der Waals surface area contributed by atoms with E-state index in [0.29, 0.717) is 0 Å². The summed E-state index contributed by atoms with van der Waals surface area (Å²) in [6.07, 6.45) is 3.78. The minimum atomic E-state index is -0.0271. The Hall–Kier alpha value is -2.67. The molecule has 0 aliphatic carbocycles. The topological polar surface area (TPSA) is 63.1 Å². The number of anilines is 1. The maximum atomic E-state index is 12.3. The molecule has 4 rings (SSSR count). The van der Waals surface area contributed by atoms with E-state index in [0.717, 1.165) is 42.9 Å². The molecule has 26 heavy (non-hydrogen) atoms. The molecule has 134 valence electrons. The highest BCUT2D eigenvalue weighted by Gasteiger charge is 2.25. The Morgan fingerprint density at radius 1 is 1.19 bits per heavy atom. The van der Waals surface area contributed by atoms with E-state index in [-0.39, 0.29) is 12.1 Å². The summed E-state index contributed by atoms with van der Waals surface area (Å²) < 4.78 is 1.95. The number of thiophene rings is 1. The highest BCUT2D eigenvalue weighted by Crippen LogP contribution is 2.25. The molecule has 3 heterocycles. The number of hydrogen-bond acceptors (Lipinski definition) is 4. The van der Waals surface area contributed by atoms with Crippen LogP contribution in [0.3, 0.4) is 0 Å². The molecule has 0 radical (unpaired) electrons. The number of aryl methyl sites for hydroxylation is 1. The molecule has 7 heteroatoms. The van der Waals surface area contributed by atoms with Gasteiger partial charge in [-0.05, 0) is 31.2 Å². The van der Waals surface area contributed by atoms with Gasteiger partial charge in [-0.2, -0.15) is 11.3 Å². The lowest BCUT2D eigenvalue weighted by Gasteiger charge is -2.31. The van der Waals surface area contributed by atoms with Gasteiger partial charge in [0.25, 0.3) is 0 Å². The molecule has 0 saturated carbocycles. The van der Waals surface area contributed by atoms with Gasteiger partial charge in [-0.3, -0.25) is 0 Å². The first-order valence-electron chi connectivity index (χ1n) is 8.76. The fraction of sp³-hybridized carbons (Fsp3) is 0.316. The van der Waals surface area contributed by atoms with Crippen LogP contribution in [0.5, 0.6) is 0 Å². The SMILES string of the molecule is Cc1ccc(-c2cn(C3CCN(C(=O)Nc4ccsc4)CC3)nn2)cc1. The number of amides is 2. The normalized spacial score (nSPS) is 15.2. The molecular weight excluding hydrogens is 346 g/mol. The van der Waals surface area contributed by atoms with Crippen LogP contribution in [0.2, 0.25) is 0 Å². The van der Waals surface area contributed by atoms with Crippen LogP contribution in [0, 0.1) is 6.92 Å². The van der Waals surface area contributed by atoms with E-state index in [1.54, 1.807) is 11.3 Å². The van der Waals surface area contributed by atoms with Crippen LogP contribution in [0.25, 0.3) is 11.3 Å². The van der Waals surface area contributed by atoms with Crippen LogP contribution in [0.1, 0.15) is 24.4 Å². The lowest BCUT2D eigenvalue weighted by atomic mass is 10.1. The first-order valence-corrected chi connectivity index (χ1v) is 9.70. The predicted molar refractivity (Wildman–Crippen MR) is 103 cm³/mol. The molecule has 0 atom stereocenters. The Bertz CT molecular complexity index is 864. The number of benzene rings is 1. The zero-order valence-corrected chi connectivity index (χ0v) is 15.4. The van der Waals surface area contributed by atoms with Crippen LogP contribution >= 0.6 is 11.3 Å². The molecule has 6 nitrogen and oxygen atoms in total. The molecule has 0 unspecified atom stereocenters. The first-order chi connectivity index (χ1) is 12.7. The highest BCUT2D eigenvalue weighted by molar-refractivity contribution is 7.08. The van der Waals surface area contributed by atoms with Gasteiger partial charge in [0.05, 0.1) is 17.9 Å². The summed E-state index contributed by atoms with van der Waals surface area (Å²) in [6, 6.07) is 10.5. The number of piperidine rings is 1. The third kappa shape index (κ3) is 3.62. The summed E-state index contributed by atoms with van der Waals surface area (Å²) >= 11 is 1.58. The summed E-state index contributed by atoms with van der Waals surface area (Å²) in [5.74, 6) is 0. The second kappa shape index (κ2) is 7.29. The van der Waals surface area contributed by atoms with E-state index in [4.69, 9.17) is 0 Å². The van der Waals surface area contributed by atoms with Crippen LogP contribution in [-0.2, 0) is 0 Å². The van der Waals surface area contributed by atoms with Gasteiger partial charge < -0.3 is 10.2 Å². The molecule has 1 aliphatic rings. The smallest absolute Gasteiger partial charge is 0.321 e. The number of nitrogens with zero attached hydrogens (tertiary/aromatic N) is 4. The molecule has 0 spiro atoms. The number of nitrogens with one attached hydrogen (secondary N) is 1. The predicted octanol–water partition coefficient (Wildman–Crippen LogP) is 4.18. The van der Waals surface area contributed by atoms with Crippen LogP contribution < -0.4 is 5.32 Å². The maximum absolute atomic E-state index is 12.3. The van der Waals surface area contributed by atoms with Crippen molar-refractivity contribution in [3.8, 4) is 11.3 Å². The quantitative estimate of drug-likeness (QED) is 0.755. The molecule has 1 saturated heterocycles. The van der Waals surface area contributed by atoms with Gasteiger partial charge >= 0.3 is 6.03 Å². The molecule has 0 bridgehead atoms. The van der Waals surface area contributed by atoms with E-state index < -0.39 is 0 Å². The largest absolute Gasteiger partial charge is 0.324 e. The summed E-state index contributed by atoms with van der Waals surface area (Å²) in [6.45, 7) is 3.52. The number of hydrogen-bond donors (Lipinski definition) is 1. The van der Waals surface area contributed by atoms with Crippen molar-refractivity contribution in [1.29, 1.82) is 0 Å². The van der Waals surface area contributed by atoms with Crippen molar-refractivity contribution in [2.24, 2.45) is 0 Å². The van der Waals surface area contributed by atoms with Gasteiger partial charge in [0.2, 0.25) is 0 Å². The third-order valence-corrected chi connectivity index (χ3v) is 5.44. The Morgan fingerprint density at radius 3 is 2.65 bits per heavy atom. The Kier molecular flexibility index (Phi) is 4.71. The van der Waals surface area contributed by atoms with E-state index >= 15 is 0 Å². The first kappa shape index (κ1) is 16.8. The molecule has 1 N–H and O–H groups in total. The van der Waals surface area contributed by atoms with Gasteiger partial charge in [0.15, 0.2) is 0 Å². The fourth-order valence-corrected chi connectivity index (χ4v) is 3.77. The molecule has 1 aromatic carbocycles. The lowest BCUT2D eigenvalue weighted by Crippen LogP contribution is -2.41. The zero-order valence-electron chi connectivity index (χ0n) is 14.6. The minimum absolute atomic E-state index is 0.0271. The number of carbonyl (C=O) groups excluding carboxylic acids is 1. The van der Waals surface area contributed by atoms with Crippen molar-refractivity contribution >= 4 is 23.1 Å². The molecule has 2 aromatic heterocycles. The Morgan fingerprint density at radius 2 is 1.96 bits per heavy atom. The Balaban J connectivity index is 1.36. The van der Waals surface area contributed by atoms with Gasteiger partial charge in [-0.15, -0.1) is 5.10 Å². The molecule has 1 fully saturated rings. The Labute approximate surface area is 156 Å². The van der Waals surface area contributed by atoms with Crippen molar-refractivity contribution < 1.29 is 4.79 Å². The third-order valence-electron chi connectivity index (χ3n) is 4.76. The molecule has 3 aromatic rings. The second-order valence-corrected chi connectivity index (χ2v) is 7.39. The van der Waals surface area contributed by atoms with Gasteiger partial charge in [-0.25, -0.2) is 9.48 Å². The van der Waals surface area contributed by atoms with Crippen LogP contribution in [-0.4, -0.2) is 39.0 Å². The number of urea groups is 1. The van der Waals surface area contributed by atoms with E-state index in [9.17, 15) is 4.79 Å². The molecular formula is C19H21N5OS. The fourth-order valence-electron chi connectivity index (χ4n) is 3.18. The van der Waals surface area contributed by atoms with Crippen molar-refractivity contribution in [3.05, 3.63) is 52.9 Å². The standard InChI is InChI=1S/C19H21N5OS/c1-14-2-4-15(5-3-14)18-12-24(22-21-18)17-6-9-23(10-7-17)19(25)20-16-8-11-26-13-16/h2-5,8,11-13,17H,6-7,9-10H2,1H3,(H,20,25). The molecule has 1 aliphatic heterocycles. The summed E-state index contributed by atoms with van der Waals surface area (Å²) in [5.41, 5.74) is 4.06. The highest BCUT2D eigenvalue weighted by atomic mass is 32.1. The van der Waals surface area contributed by atoms with Crippen LogP contribution in [0.15, 0.2) is 47.3 Å². The number of rotatable bonds is 3. The monoisotopic (exact) mass is 367 g/mol. The lowest BCUT2D eigenvalue weighted by molar-refractivity contribution is 0.179. The van der Waals surface area contributed by atoms with E-state index in [1.807, 2.05) is 32.6 Å². The summed E-state index contributed by atoms with van der Waals surface area (Å²) in [7, 11) is 0. The maximum Gasteiger partial charge on any atom is 0.321 e. The zero-order chi connectivity index (χ0) is 17.9. The summed E-state index contributed by atoms with van der Waals surface area (Å²) in [5, 5.41) is 15.5.